The number of nitrogens with two attached hydrogens (primary N) is 2. The Kier molecular flexibility index (Phi) is 26.5. The number of phenolic OH excluding ortho intramolecular Hbond substituents is 1. The molecule has 0 radical (unpaired) electrons. The highest BCUT2D eigenvalue weighted by Gasteiger charge is 2.13. The van der Waals surface area contributed by atoms with Crippen molar-refractivity contribution in [2.24, 2.45) is 5.73 Å². The van der Waals surface area contributed by atoms with Crippen molar-refractivity contribution in [3.63, 3.8) is 0 Å². The van der Waals surface area contributed by atoms with E-state index in [4.69, 9.17) is 21.3 Å². The number of rotatable bonds is 12. The Balaban J connectivity index is 0. The van der Waals surface area contributed by atoms with Crippen LogP contribution < -0.4 is 28.5 Å². The van der Waals surface area contributed by atoms with E-state index in [9.17, 15) is 19.2 Å². The van der Waals surface area contributed by atoms with Gasteiger partial charge >= 0.3 is 23.0 Å². The number of unbranched alkanes of at least 4 members (excludes halogenated alkanes) is 2. The molecule has 3 aromatic rings. The third-order valence-corrected chi connectivity index (χ3v) is 6.20. The molecule has 2 aromatic carbocycles. The van der Waals surface area contributed by atoms with Gasteiger partial charge in [-0.05, 0) is 70.8 Å². The lowest BCUT2D eigenvalue weighted by Gasteiger charge is -2.11. The second-order valence-electron chi connectivity index (χ2n) is 11.0. The number of phenols is 1. The Labute approximate surface area is 291 Å². The fourth-order valence-corrected chi connectivity index (χ4v) is 3.42. The highest BCUT2D eigenvalue weighted by Crippen LogP contribution is 2.07. The molecule has 11 heteroatoms. The van der Waals surface area contributed by atoms with E-state index < -0.39 is 17.1 Å². The molecule has 0 aliphatic carbocycles. The number of benzene rings is 2. The van der Waals surface area contributed by atoms with E-state index in [0.717, 1.165) is 38.8 Å². The van der Waals surface area contributed by atoms with Gasteiger partial charge in [-0.2, -0.15) is 0 Å². The van der Waals surface area contributed by atoms with Crippen molar-refractivity contribution in [1.82, 2.24) is 13.7 Å². The summed E-state index contributed by atoms with van der Waals surface area (Å²) in [5, 5.41) is 8.76. The number of hydrogen-bond donors (Lipinski definition) is 3. The number of esters is 1. The smallest absolute Gasteiger partial charge is 0.336 e. The molecule has 0 aliphatic rings. The summed E-state index contributed by atoms with van der Waals surface area (Å²) in [6, 6.07) is 14.9. The maximum absolute atomic E-state index is 12.0. The molecule has 0 atom stereocenters. The van der Waals surface area contributed by atoms with Gasteiger partial charge in [0.05, 0.1) is 19.7 Å². The summed E-state index contributed by atoms with van der Waals surface area (Å²) in [5.41, 5.74) is 12.5. The normalized spacial score (nSPS) is 9.45. The van der Waals surface area contributed by atoms with Crippen molar-refractivity contribution in [2.75, 3.05) is 18.9 Å². The summed E-state index contributed by atoms with van der Waals surface area (Å²) in [6.45, 7) is 24.0. The lowest BCUT2D eigenvalue weighted by molar-refractivity contribution is -0.139. The average molecular weight is 682 g/mol. The Bertz CT molecular complexity index is 1420. The van der Waals surface area contributed by atoms with E-state index in [1.165, 1.54) is 36.1 Å². The minimum Gasteiger partial charge on any atom is -0.508 e. The topological polar surface area (TPSA) is 165 Å². The summed E-state index contributed by atoms with van der Waals surface area (Å²) >= 11 is 0. The average Bonchev–Trinajstić information content (AvgIpc) is 3.08. The fraction of sp³-hybridized carbons (Fsp3) is 0.421. The number of hydrogen-bond acceptors (Lipinski definition) is 8. The Morgan fingerprint density at radius 1 is 0.776 bits per heavy atom. The number of aryl methyl sites for hydroxylation is 2. The van der Waals surface area contributed by atoms with Crippen LogP contribution >= 0.6 is 0 Å². The predicted molar refractivity (Wildman–Crippen MR) is 203 cm³/mol. The molecule has 11 nitrogen and oxygen atoms in total. The zero-order valence-corrected chi connectivity index (χ0v) is 30.5. The molecule has 272 valence electrons. The van der Waals surface area contributed by atoms with E-state index in [1.807, 2.05) is 57.2 Å². The van der Waals surface area contributed by atoms with Crippen molar-refractivity contribution in [1.29, 1.82) is 0 Å². The molecule has 0 spiro atoms. The van der Waals surface area contributed by atoms with Gasteiger partial charge < -0.3 is 21.3 Å². The maximum atomic E-state index is 12.0. The van der Waals surface area contributed by atoms with Crippen LogP contribution in [0, 0.1) is 13.8 Å². The first-order valence-corrected chi connectivity index (χ1v) is 16.5. The number of aromatic hydroxyl groups is 1. The van der Waals surface area contributed by atoms with Gasteiger partial charge in [0, 0.05) is 17.8 Å². The summed E-state index contributed by atoms with van der Waals surface area (Å²) < 4.78 is 7.86. The maximum Gasteiger partial charge on any atom is 0.336 e. The zero-order valence-electron chi connectivity index (χ0n) is 30.5. The summed E-state index contributed by atoms with van der Waals surface area (Å²) in [7, 11) is 0. The predicted octanol–water partition coefficient (Wildman–Crippen LogP) is 5.88. The zero-order chi connectivity index (χ0) is 37.8. The third kappa shape index (κ3) is 20.8. The van der Waals surface area contributed by atoms with Crippen LogP contribution in [0.15, 0.2) is 100 Å². The minimum atomic E-state index is -0.628. The molecule has 0 unspecified atom stereocenters. The standard InChI is InChI=1S/C12H17N3O3.C8H14O2.C7H9N.C7H8O.C4H11N/c1-4-7-13-10(16)14(8-5-2)12(18)15(9-6-3)11(13)17;1-4-5-6-10-8(9)7(2)3;2*1-6-2-4-7(8)5-3-6;1-2-3-4-5/h4-5H,1-2,6-9H2,3H3;2,4-6H2,1,3H3;2-5H,8H2,1H3;2-5,8H,1H3;2-5H2,1H3. The van der Waals surface area contributed by atoms with Crippen LogP contribution in [0.3, 0.4) is 0 Å². The summed E-state index contributed by atoms with van der Waals surface area (Å²) in [6.07, 6.45) is 7.89. The molecule has 5 N–H and O–H groups in total. The van der Waals surface area contributed by atoms with Crippen LogP contribution in [0.2, 0.25) is 0 Å². The number of anilines is 1. The van der Waals surface area contributed by atoms with Gasteiger partial charge in [-0.3, -0.25) is 0 Å². The number of nitrogens with zero attached hydrogens (tertiary/aromatic N) is 3. The quantitative estimate of drug-likeness (QED) is 0.0701. The molecule has 0 bridgehead atoms. The van der Waals surface area contributed by atoms with E-state index in [2.05, 4.69) is 33.6 Å². The summed E-state index contributed by atoms with van der Waals surface area (Å²) in [4.78, 5) is 46.6. The first kappa shape index (κ1) is 46.2. The minimum absolute atomic E-state index is 0.0821. The van der Waals surface area contributed by atoms with Crippen LogP contribution in [0.5, 0.6) is 5.75 Å². The number of ether oxygens (including phenoxy) is 1. The van der Waals surface area contributed by atoms with Crippen LogP contribution in [-0.4, -0.2) is 37.9 Å². The van der Waals surface area contributed by atoms with E-state index >= 15 is 0 Å². The van der Waals surface area contributed by atoms with Gasteiger partial charge in [0.25, 0.3) is 0 Å². The molecule has 1 aromatic heterocycles. The number of nitrogen functional groups attached to an aromatic ring is 1. The highest BCUT2D eigenvalue weighted by molar-refractivity contribution is 5.86. The van der Waals surface area contributed by atoms with Gasteiger partial charge in [0.2, 0.25) is 0 Å². The van der Waals surface area contributed by atoms with Crippen LogP contribution in [-0.2, 0) is 29.2 Å². The molecule has 1 heterocycles. The van der Waals surface area contributed by atoms with E-state index in [1.54, 1.807) is 19.1 Å². The van der Waals surface area contributed by atoms with Crippen LogP contribution in [0.4, 0.5) is 5.69 Å². The Morgan fingerprint density at radius 2 is 1.20 bits per heavy atom. The van der Waals surface area contributed by atoms with Crippen LogP contribution in [0.1, 0.15) is 70.9 Å². The number of aromatic nitrogens is 3. The van der Waals surface area contributed by atoms with Crippen molar-refractivity contribution < 1.29 is 14.6 Å². The first-order chi connectivity index (χ1) is 23.2. The molecular formula is C38H59N5O6. The number of allylic oxidation sites excluding steroid dienone is 2. The monoisotopic (exact) mass is 681 g/mol. The molecule has 0 saturated carbocycles. The second kappa shape index (κ2) is 28.1. The van der Waals surface area contributed by atoms with Gasteiger partial charge in [0.15, 0.2) is 0 Å². The van der Waals surface area contributed by atoms with Gasteiger partial charge in [-0.1, -0.05) is 87.7 Å². The lowest BCUT2D eigenvalue weighted by atomic mass is 10.2. The molecule has 49 heavy (non-hydrogen) atoms. The van der Waals surface area contributed by atoms with E-state index in [0.29, 0.717) is 24.4 Å². The van der Waals surface area contributed by atoms with Gasteiger partial charge in [-0.15, -0.1) is 13.2 Å². The van der Waals surface area contributed by atoms with Crippen LogP contribution in [0.25, 0.3) is 0 Å². The fourth-order valence-electron chi connectivity index (χ4n) is 3.42. The largest absolute Gasteiger partial charge is 0.508 e. The highest BCUT2D eigenvalue weighted by atomic mass is 16.5. The van der Waals surface area contributed by atoms with Gasteiger partial charge in [0.1, 0.15) is 5.75 Å². The van der Waals surface area contributed by atoms with Crippen molar-refractivity contribution in [3.8, 4) is 5.75 Å². The molecule has 3 rings (SSSR count). The molecule has 0 fully saturated rings. The second-order valence-corrected chi connectivity index (χ2v) is 11.0. The SMILES string of the molecule is C=C(C)C(=O)OCCCC.C=CCn1c(=O)n(CC=C)c(=O)n(CCC)c1=O.CCCCN.Cc1ccc(N)cc1.Cc1ccc(O)cc1. The Morgan fingerprint density at radius 3 is 1.51 bits per heavy atom. The molecular weight excluding hydrogens is 622 g/mol. The molecule has 0 saturated heterocycles. The molecule has 0 amide bonds. The van der Waals surface area contributed by atoms with E-state index in [-0.39, 0.29) is 25.6 Å². The first-order valence-electron chi connectivity index (χ1n) is 16.5. The number of carbonyl (C=O) groups is 1. The number of carbonyl (C=O) groups excluding carboxylic acids is 1. The Hall–Kier alpha value is -4.90. The van der Waals surface area contributed by atoms with Crippen molar-refractivity contribution in [3.05, 3.63) is 129 Å². The summed E-state index contributed by atoms with van der Waals surface area (Å²) in [5.74, 6) is 0.0454. The van der Waals surface area contributed by atoms with Crippen molar-refractivity contribution in [2.45, 2.75) is 93.3 Å². The van der Waals surface area contributed by atoms with Crippen molar-refractivity contribution >= 4 is 11.7 Å². The lowest BCUT2D eigenvalue weighted by Crippen LogP contribution is -2.54. The molecule has 0 aliphatic heterocycles. The van der Waals surface area contributed by atoms with Gasteiger partial charge in [-0.25, -0.2) is 32.9 Å². The third-order valence-electron chi connectivity index (χ3n) is 6.20.